The van der Waals surface area contributed by atoms with Crippen molar-refractivity contribution in [3.63, 3.8) is 0 Å². The molecular formula is C24H32O5. The molecule has 12 atom stereocenters. The van der Waals surface area contributed by atoms with E-state index in [0.717, 1.165) is 30.6 Å². The van der Waals surface area contributed by atoms with Gasteiger partial charge >= 0.3 is 5.97 Å². The molecule has 3 aliphatic heterocycles. The van der Waals surface area contributed by atoms with E-state index in [2.05, 4.69) is 26.8 Å². The number of carbonyl (C=O) groups is 1. The van der Waals surface area contributed by atoms with Crippen LogP contribution in [-0.2, 0) is 14.3 Å². The molecule has 3 bridgehead atoms. The molecule has 3 heterocycles. The molecule has 0 unspecified atom stereocenters. The van der Waals surface area contributed by atoms with Gasteiger partial charge in [0.2, 0.25) is 0 Å². The molecule has 0 spiro atoms. The number of fused-ring (bicyclic) bond motifs is 9. The number of rotatable bonds is 0. The minimum atomic E-state index is -0.543. The Kier molecular flexibility index (Phi) is 3.61. The van der Waals surface area contributed by atoms with Crippen molar-refractivity contribution >= 4 is 5.97 Å². The molecule has 158 valence electrons. The maximum Gasteiger partial charge on any atom is 0.338 e. The van der Waals surface area contributed by atoms with Gasteiger partial charge in [-0.05, 0) is 50.9 Å². The molecule has 6 aliphatic rings. The van der Waals surface area contributed by atoms with Crippen LogP contribution in [0.4, 0.5) is 0 Å². The lowest BCUT2D eigenvalue weighted by atomic mass is 9.63. The van der Waals surface area contributed by atoms with Gasteiger partial charge in [0, 0.05) is 23.7 Å². The number of aliphatic hydroxyl groups is 2. The Labute approximate surface area is 172 Å². The maximum absolute atomic E-state index is 13.2. The first kappa shape index (κ1) is 18.4. The highest BCUT2D eigenvalue weighted by Gasteiger charge is 2.66. The van der Waals surface area contributed by atoms with Gasteiger partial charge < -0.3 is 19.7 Å². The largest absolute Gasteiger partial charge is 0.491 e. The number of ether oxygens (including phenoxy) is 2. The predicted molar refractivity (Wildman–Crippen MR) is 105 cm³/mol. The molecule has 5 nitrogen and oxygen atoms in total. The first-order valence-corrected chi connectivity index (χ1v) is 11.4. The van der Waals surface area contributed by atoms with Gasteiger partial charge in [-0.3, -0.25) is 0 Å². The number of allylic oxidation sites excluding steroid dienone is 1. The van der Waals surface area contributed by atoms with Gasteiger partial charge in [0.05, 0.1) is 23.7 Å². The molecule has 1 saturated heterocycles. The molecular weight excluding hydrogens is 368 g/mol. The standard InChI is InChI=1S/C24H32O5/c1-9-7-13-17(21(26)11(3)20(13)25)16-12(9)8-14-18(16)19-22-10(2)15(28-23(19)27)5-6-24(14,4)29-22/h7,10-18,20-21,25-26H,5-6,8H2,1-4H3/t10-,11+,12-,13+,14+,15-,16-,17-,18+,20+,21-,24-/m0/s1. The first-order valence-electron chi connectivity index (χ1n) is 11.4. The van der Waals surface area contributed by atoms with Gasteiger partial charge in [-0.2, -0.15) is 0 Å². The van der Waals surface area contributed by atoms with E-state index < -0.39 is 12.2 Å². The summed E-state index contributed by atoms with van der Waals surface area (Å²) < 4.78 is 12.6. The van der Waals surface area contributed by atoms with Crippen molar-refractivity contribution in [2.45, 2.75) is 70.9 Å². The summed E-state index contributed by atoms with van der Waals surface area (Å²) in [4.78, 5) is 13.2. The van der Waals surface area contributed by atoms with Crippen molar-refractivity contribution in [2.24, 2.45) is 47.3 Å². The molecule has 0 aromatic rings. The third-order valence-corrected chi connectivity index (χ3v) is 9.72. The van der Waals surface area contributed by atoms with Crippen LogP contribution in [0.2, 0.25) is 0 Å². The number of esters is 1. The van der Waals surface area contributed by atoms with Crippen LogP contribution >= 0.6 is 0 Å². The van der Waals surface area contributed by atoms with E-state index in [0.29, 0.717) is 5.92 Å². The zero-order valence-electron chi connectivity index (χ0n) is 17.7. The van der Waals surface area contributed by atoms with Crippen molar-refractivity contribution in [2.75, 3.05) is 0 Å². The molecule has 0 amide bonds. The second kappa shape index (κ2) is 5.67. The molecule has 0 aromatic heterocycles. The number of hydrogen-bond acceptors (Lipinski definition) is 5. The van der Waals surface area contributed by atoms with Crippen LogP contribution in [0.25, 0.3) is 0 Å². The van der Waals surface area contributed by atoms with Crippen molar-refractivity contribution in [1.82, 2.24) is 0 Å². The van der Waals surface area contributed by atoms with Crippen LogP contribution in [0.15, 0.2) is 23.0 Å². The Balaban J connectivity index is 1.55. The summed E-state index contributed by atoms with van der Waals surface area (Å²) >= 11 is 0. The Morgan fingerprint density at radius 1 is 1.17 bits per heavy atom. The van der Waals surface area contributed by atoms with E-state index in [1.807, 2.05) is 6.92 Å². The molecule has 6 rings (SSSR count). The highest BCUT2D eigenvalue weighted by molar-refractivity contribution is 5.91. The highest BCUT2D eigenvalue weighted by Crippen LogP contribution is 2.66. The fourth-order valence-corrected chi connectivity index (χ4v) is 8.16. The van der Waals surface area contributed by atoms with Gasteiger partial charge in [0.25, 0.3) is 0 Å². The number of aliphatic hydroxyl groups excluding tert-OH is 2. The van der Waals surface area contributed by atoms with Crippen LogP contribution in [0.5, 0.6) is 0 Å². The lowest BCUT2D eigenvalue weighted by Crippen LogP contribution is -2.49. The lowest BCUT2D eigenvalue weighted by Gasteiger charge is -2.48. The lowest BCUT2D eigenvalue weighted by molar-refractivity contribution is -0.154. The van der Waals surface area contributed by atoms with Crippen molar-refractivity contribution in [3.05, 3.63) is 23.0 Å². The van der Waals surface area contributed by atoms with E-state index in [4.69, 9.17) is 9.47 Å². The third kappa shape index (κ3) is 2.11. The molecule has 5 heteroatoms. The van der Waals surface area contributed by atoms with Crippen LogP contribution in [-0.4, -0.2) is 40.1 Å². The topological polar surface area (TPSA) is 76.0 Å². The van der Waals surface area contributed by atoms with Crippen LogP contribution in [0, 0.1) is 47.3 Å². The fourth-order valence-electron chi connectivity index (χ4n) is 8.16. The smallest absolute Gasteiger partial charge is 0.338 e. The average Bonchev–Trinajstić information content (AvgIpc) is 3.16. The zero-order valence-corrected chi connectivity index (χ0v) is 17.7. The van der Waals surface area contributed by atoms with Crippen LogP contribution in [0.1, 0.15) is 47.0 Å². The molecule has 0 radical (unpaired) electrons. The van der Waals surface area contributed by atoms with E-state index in [1.54, 1.807) is 0 Å². The minimum Gasteiger partial charge on any atom is -0.491 e. The summed E-state index contributed by atoms with van der Waals surface area (Å²) in [5.74, 6) is 1.34. The molecule has 0 aromatic carbocycles. The monoisotopic (exact) mass is 400 g/mol. The van der Waals surface area contributed by atoms with Gasteiger partial charge in [-0.25, -0.2) is 4.79 Å². The Hall–Kier alpha value is -1.33. The molecule has 3 aliphatic carbocycles. The van der Waals surface area contributed by atoms with Crippen molar-refractivity contribution < 1.29 is 24.5 Å². The Morgan fingerprint density at radius 3 is 2.69 bits per heavy atom. The second-order valence-electron chi connectivity index (χ2n) is 10.9. The van der Waals surface area contributed by atoms with E-state index in [-0.39, 0.29) is 59.1 Å². The zero-order chi connectivity index (χ0) is 20.4. The number of hydrogen-bond donors (Lipinski definition) is 2. The molecule has 29 heavy (non-hydrogen) atoms. The summed E-state index contributed by atoms with van der Waals surface area (Å²) in [6.45, 7) is 8.47. The summed E-state index contributed by atoms with van der Waals surface area (Å²) in [6, 6.07) is 0. The van der Waals surface area contributed by atoms with Crippen molar-refractivity contribution in [3.8, 4) is 0 Å². The van der Waals surface area contributed by atoms with Gasteiger partial charge in [0.1, 0.15) is 17.5 Å². The predicted octanol–water partition coefficient (Wildman–Crippen LogP) is 2.82. The Morgan fingerprint density at radius 2 is 1.93 bits per heavy atom. The average molecular weight is 401 g/mol. The minimum absolute atomic E-state index is 0.0126. The third-order valence-electron chi connectivity index (χ3n) is 9.72. The van der Waals surface area contributed by atoms with Crippen LogP contribution in [0.3, 0.4) is 0 Å². The van der Waals surface area contributed by atoms with Crippen molar-refractivity contribution in [1.29, 1.82) is 0 Å². The maximum atomic E-state index is 13.2. The highest BCUT2D eigenvalue weighted by atomic mass is 16.6. The van der Waals surface area contributed by atoms with E-state index in [1.165, 1.54) is 5.57 Å². The summed E-state index contributed by atoms with van der Waals surface area (Å²) in [5, 5.41) is 22.0. The Bertz CT molecular complexity index is 844. The van der Waals surface area contributed by atoms with Gasteiger partial charge in [-0.1, -0.05) is 25.5 Å². The van der Waals surface area contributed by atoms with Crippen LogP contribution < -0.4 is 0 Å². The molecule has 2 N–H and O–H groups in total. The molecule has 2 saturated carbocycles. The van der Waals surface area contributed by atoms with E-state index >= 15 is 0 Å². The molecule has 3 fully saturated rings. The van der Waals surface area contributed by atoms with Gasteiger partial charge in [0.15, 0.2) is 0 Å². The summed E-state index contributed by atoms with van der Waals surface area (Å²) in [5.41, 5.74) is 1.77. The summed E-state index contributed by atoms with van der Waals surface area (Å²) in [7, 11) is 0. The second-order valence-corrected chi connectivity index (χ2v) is 10.9. The first-order chi connectivity index (χ1) is 13.7. The van der Waals surface area contributed by atoms with E-state index in [9.17, 15) is 15.0 Å². The quantitative estimate of drug-likeness (QED) is 0.483. The SMILES string of the molecule is CC1=C[C@H]2[C@H](O)[C@@H](C)[C@H](O)[C@@H]2[C@H]2[C@@H]3C4=C5O[C@@](C)(CC[C@H](OC4=O)[C@@H]5C)[C@@H]3C[C@@H]12. The number of carbonyl (C=O) groups excluding carboxylic acids is 1. The van der Waals surface area contributed by atoms with Gasteiger partial charge in [-0.15, -0.1) is 0 Å². The fraction of sp³-hybridized carbons (Fsp3) is 0.792. The summed E-state index contributed by atoms with van der Waals surface area (Å²) in [6.07, 6.45) is 3.79. The normalized spacial score (nSPS) is 57.4.